The molecule has 0 unspecified atom stereocenters. The summed E-state index contributed by atoms with van der Waals surface area (Å²) in [7, 11) is 0. The molecule has 3 nitrogen and oxygen atoms in total. The molecule has 12 aromatic rings. The number of aromatic nitrogens is 1. The van der Waals surface area contributed by atoms with Gasteiger partial charge in [0, 0.05) is 38.6 Å². The van der Waals surface area contributed by atoms with E-state index in [1.807, 2.05) is 102 Å². The Morgan fingerprint density at radius 1 is 0.424 bits per heavy atom. The van der Waals surface area contributed by atoms with Crippen LogP contribution in [0.15, 0.2) is 223 Å². The number of furan rings is 1. The molecule has 0 saturated heterocycles. The van der Waals surface area contributed by atoms with Crippen LogP contribution < -0.4 is 4.90 Å². The third kappa shape index (κ3) is 5.29. The smallest absolute Gasteiger partial charge is 0.143 e. The van der Waals surface area contributed by atoms with Crippen molar-refractivity contribution in [1.29, 1.82) is 0 Å². The van der Waals surface area contributed by atoms with Crippen LogP contribution in [0.25, 0.3) is 93.2 Å². The summed E-state index contributed by atoms with van der Waals surface area (Å²) in [5.41, 5.74) is 8.70. The molecule has 2 aromatic heterocycles. The molecule has 59 heavy (non-hydrogen) atoms. The number of hydrogen-bond acceptors (Lipinski definition) is 2. The van der Waals surface area contributed by atoms with Crippen LogP contribution in [0.2, 0.25) is 0 Å². The SMILES string of the molecule is [2H]c1c([2H])c(N(c2cccc(-c3cccc4ccccc34)c2)c2cccc3oc4c5ccccc5ccc4c23)c([2H])c([2H])c1-c1cccc2c1c1ccccc1n2-c1ccccc1. The van der Waals surface area contributed by atoms with Crippen LogP contribution in [0.4, 0.5) is 17.1 Å². The van der Waals surface area contributed by atoms with Crippen molar-refractivity contribution in [2.75, 3.05) is 4.90 Å². The van der Waals surface area contributed by atoms with Crippen molar-refractivity contribution in [1.82, 2.24) is 4.57 Å². The molecular weight excluding hydrogens is 717 g/mol. The van der Waals surface area contributed by atoms with Crippen molar-refractivity contribution in [3.05, 3.63) is 218 Å². The van der Waals surface area contributed by atoms with Gasteiger partial charge in [-0.05, 0) is 105 Å². The molecule has 0 atom stereocenters. The summed E-state index contributed by atoms with van der Waals surface area (Å²) in [4.78, 5) is 1.90. The Labute approximate surface area is 346 Å². The topological polar surface area (TPSA) is 21.3 Å². The molecule has 0 N–H and O–H groups in total. The predicted molar refractivity (Wildman–Crippen MR) is 249 cm³/mol. The van der Waals surface area contributed by atoms with Crippen molar-refractivity contribution >= 4 is 82.4 Å². The van der Waals surface area contributed by atoms with Crippen molar-refractivity contribution in [2.45, 2.75) is 0 Å². The third-order valence-electron chi connectivity index (χ3n) is 11.6. The van der Waals surface area contributed by atoms with Gasteiger partial charge in [-0.15, -0.1) is 0 Å². The average molecular weight is 757 g/mol. The largest absolute Gasteiger partial charge is 0.455 e. The lowest BCUT2D eigenvalue weighted by Crippen LogP contribution is -2.10. The van der Waals surface area contributed by atoms with Gasteiger partial charge in [0.05, 0.1) is 27.6 Å². The van der Waals surface area contributed by atoms with Crippen molar-refractivity contribution in [3.8, 4) is 27.9 Å². The summed E-state index contributed by atoms with van der Waals surface area (Å²) in [6.07, 6.45) is 0. The number of benzene rings is 10. The second-order valence-corrected chi connectivity index (χ2v) is 14.9. The molecule has 0 fully saturated rings. The molecule has 276 valence electrons. The highest BCUT2D eigenvalue weighted by Gasteiger charge is 2.22. The molecule has 0 bridgehead atoms. The Bertz CT molecular complexity index is 3780. The summed E-state index contributed by atoms with van der Waals surface area (Å²) in [6.45, 7) is 0. The van der Waals surface area contributed by atoms with E-state index in [2.05, 4.69) is 102 Å². The first-order valence-corrected chi connectivity index (χ1v) is 19.9. The number of nitrogens with zero attached hydrogens (tertiary/aromatic N) is 2. The highest BCUT2D eigenvalue weighted by atomic mass is 16.3. The summed E-state index contributed by atoms with van der Waals surface area (Å²) in [5, 5.41) is 7.81. The van der Waals surface area contributed by atoms with Crippen LogP contribution in [-0.4, -0.2) is 4.57 Å². The van der Waals surface area contributed by atoms with Crippen LogP contribution in [0.5, 0.6) is 0 Å². The second-order valence-electron chi connectivity index (χ2n) is 14.9. The number of anilines is 3. The van der Waals surface area contributed by atoms with Gasteiger partial charge in [-0.1, -0.05) is 152 Å². The van der Waals surface area contributed by atoms with E-state index in [9.17, 15) is 5.48 Å². The minimum Gasteiger partial charge on any atom is -0.455 e. The van der Waals surface area contributed by atoms with E-state index in [4.69, 9.17) is 4.42 Å². The van der Waals surface area contributed by atoms with E-state index in [1.165, 1.54) is 0 Å². The van der Waals surface area contributed by atoms with E-state index in [0.29, 0.717) is 22.5 Å². The van der Waals surface area contributed by atoms with Crippen LogP contribution in [0.1, 0.15) is 5.48 Å². The van der Waals surface area contributed by atoms with Gasteiger partial charge in [0.1, 0.15) is 11.2 Å². The lowest BCUT2D eigenvalue weighted by Gasteiger charge is -2.27. The zero-order chi connectivity index (χ0) is 42.3. The van der Waals surface area contributed by atoms with Gasteiger partial charge >= 0.3 is 0 Å². The van der Waals surface area contributed by atoms with Gasteiger partial charge in [0.2, 0.25) is 0 Å². The Morgan fingerprint density at radius 2 is 1.08 bits per heavy atom. The van der Waals surface area contributed by atoms with Crippen LogP contribution in [-0.2, 0) is 0 Å². The molecule has 3 heteroatoms. The fraction of sp³-hybridized carbons (Fsp3) is 0. The van der Waals surface area contributed by atoms with Crippen LogP contribution >= 0.6 is 0 Å². The van der Waals surface area contributed by atoms with Gasteiger partial charge in [-0.25, -0.2) is 0 Å². The summed E-state index contributed by atoms with van der Waals surface area (Å²) in [5.74, 6) is 0. The van der Waals surface area contributed by atoms with Crippen molar-refractivity contribution in [2.24, 2.45) is 0 Å². The molecule has 10 aromatic carbocycles. The monoisotopic (exact) mass is 756 g/mol. The molecule has 2 heterocycles. The van der Waals surface area contributed by atoms with Crippen LogP contribution in [0.3, 0.4) is 0 Å². The van der Waals surface area contributed by atoms with Crippen molar-refractivity contribution in [3.63, 3.8) is 0 Å². The average Bonchev–Trinajstić information content (AvgIpc) is 3.89. The first-order chi connectivity index (χ1) is 31.0. The molecule has 0 aliphatic rings. The molecule has 0 spiro atoms. The predicted octanol–water partition coefficient (Wildman–Crippen LogP) is 15.8. The Morgan fingerprint density at radius 3 is 1.95 bits per heavy atom. The van der Waals surface area contributed by atoms with Gasteiger partial charge < -0.3 is 13.9 Å². The zero-order valence-electron chi connectivity index (χ0n) is 35.8. The highest BCUT2D eigenvalue weighted by molar-refractivity contribution is 6.20. The maximum Gasteiger partial charge on any atom is 0.143 e. The summed E-state index contributed by atoms with van der Waals surface area (Å²) < 4.78 is 48.5. The minimum absolute atomic E-state index is 0.125. The first kappa shape index (κ1) is 29.4. The van der Waals surface area contributed by atoms with E-state index < -0.39 is 0 Å². The molecule has 0 amide bonds. The fourth-order valence-corrected chi connectivity index (χ4v) is 9.04. The zero-order valence-corrected chi connectivity index (χ0v) is 31.8. The standard InChI is InChI=1S/C56H36N2O/c1-2-18-41(19-3-1)58-50-26-9-8-23-48(50)54-46(25-12-27-51(54)58)39-30-33-42(34-31-39)57(43-20-10-17-40(36-43)45-24-11-16-37-14-4-6-21-44(37)45)52-28-13-29-53-55(52)49-35-32-38-15-5-7-22-47(38)56(49)59-53/h1-36H/i30D,31D,33D,34D. The maximum absolute atomic E-state index is 9.97. The normalized spacial score (nSPS) is 12.7. The molecule has 0 aliphatic carbocycles. The van der Waals surface area contributed by atoms with E-state index >= 15 is 0 Å². The van der Waals surface area contributed by atoms with E-state index in [0.717, 1.165) is 76.5 Å². The van der Waals surface area contributed by atoms with E-state index in [1.54, 1.807) is 0 Å². The highest BCUT2D eigenvalue weighted by Crippen LogP contribution is 2.46. The van der Waals surface area contributed by atoms with Crippen LogP contribution in [0, 0.1) is 0 Å². The van der Waals surface area contributed by atoms with Gasteiger partial charge in [0.15, 0.2) is 0 Å². The quantitative estimate of drug-likeness (QED) is 0.168. The molecular formula is C56H36N2O. The molecule has 12 rings (SSSR count). The Kier molecular flexibility index (Phi) is 6.65. The maximum atomic E-state index is 9.97. The second kappa shape index (κ2) is 13.4. The summed E-state index contributed by atoms with van der Waals surface area (Å²) in [6, 6.07) is 64.6. The van der Waals surface area contributed by atoms with Crippen molar-refractivity contribution < 1.29 is 9.90 Å². The minimum atomic E-state index is -0.152. The lowest BCUT2D eigenvalue weighted by molar-refractivity contribution is 0.672. The summed E-state index contributed by atoms with van der Waals surface area (Å²) >= 11 is 0. The third-order valence-corrected chi connectivity index (χ3v) is 11.6. The van der Waals surface area contributed by atoms with Gasteiger partial charge in [-0.2, -0.15) is 0 Å². The van der Waals surface area contributed by atoms with Gasteiger partial charge in [-0.3, -0.25) is 0 Å². The molecule has 0 radical (unpaired) electrons. The molecule has 0 aliphatic heterocycles. The van der Waals surface area contributed by atoms with E-state index in [-0.39, 0.29) is 35.4 Å². The number of fused-ring (bicyclic) bond motifs is 9. The Hall–Kier alpha value is -7.88. The fourth-order valence-electron chi connectivity index (χ4n) is 9.04. The number of hydrogen-bond donors (Lipinski definition) is 0. The molecule has 0 saturated carbocycles. The lowest BCUT2D eigenvalue weighted by atomic mass is 9.97. The Balaban J connectivity index is 1.14. The number of para-hydroxylation sites is 2. The van der Waals surface area contributed by atoms with Gasteiger partial charge in [0.25, 0.3) is 0 Å². The number of rotatable bonds is 6. The first-order valence-electron chi connectivity index (χ1n) is 21.9.